The molecule has 1 amide bonds. The van der Waals surface area contributed by atoms with Gasteiger partial charge in [-0.1, -0.05) is 6.07 Å². The highest BCUT2D eigenvalue weighted by Gasteiger charge is 2.11. The van der Waals surface area contributed by atoms with Crippen LogP contribution in [0.2, 0.25) is 0 Å². The fourth-order valence-electron chi connectivity index (χ4n) is 2.55. The number of carbonyl (C=O) groups excluding carboxylic acids is 1. The second-order valence-corrected chi connectivity index (χ2v) is 5.73. The first-order valence-electron chi connectivity index (χ1n) is 8.56. The molecule has 0 aliphatic heterocycles. The van der Waals surface area contributed by atoms with Gasteiger partial charge in [-0.3, -0.25) is 15.1 Å². The molecule has 0 atom stereocenters. The highest BCUT2D eigenvalue weighted by atomic mass is 16.5. The van der Waals surface area contributed by atoms with Gasteiger partial charge in [0.25, 0.3) is 5.91 Å². The summed E-state index contributed by atoms with van der Waals surface area (Å²) in [6.45, 7) is 0.410. The number of nitrogens with one attached hydrogen (secondary N) is 1. The first-order chi connectivity index (χ1) is 13.5. The third-order valence-electron chi connectivity index (χ3n) is 4.02. The number of aliphatic imine (C=N–C) groups is 1. The van der Waals surface area contributed by atoms with Gasteiger partial charge in [-0.05, 0) is 42.3 Å². The molecule has 2 rings (SSSR count). The number of hydrogen-bond acceptors (Lipinski definition) is 6. The van der Waals surface area contributed by atoms with Crippen LogP contribution in [-0.2, 0) is 6.42 Å². The number of ether oxygens (including phenoxy) is 4. The summed E-state index contributed by atoms with van der Waals surface area (Å²) in [6.07, 6.45) is 0.632. The Labute approximate surface area is 164 Å². The molecule has 0 bridgehead atoms. The summed E-state index contributed by atoms with van der Waals surface area (Å²) in [5, 5.41) is 2.56. The monoisotopic (exact) mass is 387 g/mol. The predicted octanol–water partition coefficient (Wildman–Crippen LogP) is 2.01. The van der Waals surface area contributed by atoms with Crippen molar-refractivity contribution in [1.29, 1.82) is 0 Å². The van der Waals surface area contributed by atoms with Gasteiger partial charge in [0, 0.05) is 12.1 Å². The maximum Gasteiger partial charge on any atom is 0.258 e. The normalized spacial score (nSPS) is 10.9. The van der Waals surface area contributed by atoms with Crippen LogP contribution in [0.15, 0.2) is 41.4 Å². The number of carbonyl (C=O) groups is 1. The van der Waals surface area contributed by atoms with Gasteiger partial charge in [0.05, 0.1) is 28.4 Å². The summed E-state index contributed by atoms with van der Waals surface area (Å²) in [6, 6.07) is 10.5. The van der Waals surface area contributed by atoms with E-state index in [1.165, 1.54) is 14.2 Å². The van der Waals surface area contributed by atoms with Gasteiger partial charge in [-0.2, -0.15) is 0 Å². The molecule has 0 fully saturated rings. The molecule has 150 valence electrons. The van der Waals surface area contributed by atoms with E-state index in [-0.39, 0.29) is 11.9 Å². The highest BCUT2D eigenvalue weighted by Crippen LogP contribution is 2.28. The molecule has 8 nitrogen and oxygen atoms in total. The van der Waals surface area contributed by atoms with Gasteiger partial charge < -0.3 is 24.7 Å². The number of nitrogens with two attached hydrogens (primary N) is 1. The van der Waals surface area contributed by atoms with E-state index in [0.29, 0.717) is 41.5 Å². The number of rotatable bonds is 8. The lowest BCUT2D eigenvalue weighted by Gasteiger charge is -2.10. The molecule has 0 saturated carbocycles. The number of amides is 1. The van der Waals surface area contributed by atoms with E-state index in [9.17, 15) is 4.79 Å². The Morgan fingerprint density at radius 2 is 1.46 bits per heavy atom. The van der Waals surface area contributed by atoms with Crippen LogP contribution in [0.3, 0.4) is 0 Å². The van der Waals surface area contributed by atoms with Crippen molar-refractivity contribution in [2.75, 3.05) is 35.0 Å². The highest BCUT2D eigenvalue weighted by molar-refractivity contribution is 6.05. The second kappa shape index (κ2) is 10.1. The molecule has 28 heavy (non-hydrogen) atoms. The van der Waals surface area contributed by atoms with Crippen molar-refractivity contribution < 1.29 is 23.7 Å². The number of nitrogens with zero attached hydrogens (tertiary/aromatic N) is 1. The molecule has 0 heterocycles. The Morgan fingerprint density at radius 1 is 0.893 bits per heavy atom. The SMILES string of the molecule is COc1ccc(CCN=C(N)NC(=O)c2ccc(OC)c(OC)c2)cc1OC. The second-order valence-electron chi connectivity index (χ2n) is 5.73. The fraction of sp³-hybridized carbons (Fsp3) is 0.300. The molecular weight excluding hydrogens is 362 g/mol. The van der Waals surface area contributed by atoms with E-state index in [4.69, 9.17) is 24.7 Å². The van der Waals surface area contributed by atoms with Crippen molar-refractivity contribution in [3.8, 4) is 23.0 Å². The van der Waals surface area contributed by atoms with Crippen molar-refractivity contribution >= 4 is 11.9 Å². The minimum Gasteiger partial charge on any atom is -0.493 e. The van der Waals surface area contributed by atoms with Gasteiger partial charge in [-0.15, -0.1) is 0 Å². The van der Waals surface area contributed by atoms with E-state index in [1.54, 1.807) is 32.4 Å². The van der Waals surface area contributed by atoms with Crippen molar-refractivity contribution in [3.63, 3.8) is 0 Å². The maximum atomic E-state index is 12.3. The molecule has 0 unspecified atom stereocenters. The van der Waals surface area contributed by atoms with Gasteiger partial charge in [0.1, 0.15) is 0 Å². The summed E-state index contributed by atoms with van der Waals surface area (Å²) in [4.78, 5) is 16.5. The fourth-order valence-corrected chi connectivity index (χ4v) is 2.55. The zero-order valence-corrected chi connectivity index (χ0v) is 16.4. The lowest BCUT2D eigenvalue weighted by Crippen LogP contribution is -2.37. The zero-order chi connectivity index (χ0) is 20.5. The summed E-state index contributed by atoms with van der Waals surface area (Å²) in [7, 11) is 6.20. The molecule has 3 N–H and O–H groups in total. The van der Waals surface area contributed by atoms with E-state index in [0.717, 1.165) is 5.56 Å². The van der Waals surface area contributed by atoms with Gasteiger partial charge >= 0.3 is 0 Å². The number of benzene rings is 2. The van der Waals surface area contributed by atoms with Crippen LogP contribution >= 0.6 is 0 Å². The average molecular weight is 387 g/mol. The van der Waals surface area contributed by atoms with Gasteiger partial charge in [0.15, 0.2) is 29.0 Å². The first kappa shape index (κ1) is 20.9. The minimum atomic E-state index is -0.381. The van der Waals surface area contributed by atoms with Crippen LogP contribution in [0.25, 0.3) is 0 Å². The molecule has 0 aromatic heterocycles. The number of methoxy groups -OCH3 is 4. The van der Waals surface area contributed by atoms with Crippen LogP contribution in [0.5, 0.6) is 23.0 Å². The first-order valence-corrected chi connectivity index (χ1v) is 8.56. The van der Waals surface area contributed by atoms with E-state index < -0.39 is 0 Å². The lowest BCUT2D eigenvalue weighted by molar-refractivity contribution is 0.0976. The number of hydrogen-bond donors (Lipinski definition) is 2. The van der Waals surface area contributed by atoms with Gasteiger partial charge in [0.2, 0.25) is 0 Å². The molecule has 0 radical (unpaired) electrons. The molecule has 0 aliphatic rings. The van der Waals surface area contributed by atoms with Crippen molar-refractivity contribution in [2.45, 2.75) is 6.42 Å². The molecule has 2 aromatic rings. The van der Waals surface area contributed by atoms with Crippen LogP contribution in [0.1, 0.15) is 15.9 Å². The smallest absolute Gasteiger partial charge is 0.258 e. The molecule has 0 spiro atoms. The minimum absolute atomic E-state index is 0.0419. The topological polar surface area (TPSA) is 104 Å². The molecular formula is C20H25N3O5. The average Bonchev–Trinajstić information content (AvgIpc) is 2.72. The Hall–Kier alpha value is -3.42. The Kier molecular flexibility index (Phi) is 7.50. The lowest BCUT2D eigenvalue weighted by atomic mass is 10.1. The van der Waals surface area contributed by atoms with Crippen LogP contribution < -0.4 is 30.0 Å². The quantitative estimate of drug-likeness (QED) is 0.530. The van der Waals surface area contributed by atoms with Crippen LogP contribution in [0, 0.1) is 0 Å². The van der Waals surface area contributed by atoms with Crippen molar-refractivity contribution in [2.24, 2.45) is 10.7 Å². The third-order valence-corrected chi connectivity index (χ3v) is 4.02. The van der Waals surface area contributed by atoms with Crippen molar-refractivity contribution in [1.82, 2.24) is 5.32 Å². The summed E-state index contributed by atoms with van der Waals surface area (Å²) >= 11 is 0. The standard InChI is InChI=1S/C20H25N3O5/c1-25-15-7-5-13(11-17(15)27-3)9-10-22-20(21)23-19(24)14-6-8-16(26-2)18(12-14)28-4/h5-8,11-12H,9-10H2,1-4H3,(H3,21,22,23,24). The summed E-state index contributed by atoms with van der Waals surface area (Å²) in [5.74, 6) is 1.97. The van der Waals surface area contributed by atoms with Crippen molar-refractivity contribution in [3.05, 3.63) is 47.5 Å². The Bertz CT molecular complexity index is 852. The van der Waals surface area contributed by atoms with Gasteiger partial charge in [-0.25, -0.2) is 0 Å². The Balaban J connectivity index is 1.96. The maximum absolute atomic E-state index is 12.3. The largest absolute Gasteiger partial charge is 0.493 e. The summed E-state index contributed by atoms with van der Waals surface area (Å²) < 4.78 is 20.8. The van der Waals surface area contributed by atoms with Crippen LogP contribution in [-0.4, -0.2) is 46.9 Å². The van der Waals surface area contributed by atoms with Crippen LogP contribution in [0.4, 0.5) is 0 Å². The molecule has 0 saturated heterocycles. The predicted molar refractivity (Wildman–Crippen MR) is 107 cm³/mol. The van der Waals surface area contributed by atoms with E-state index in [1.807, 2.05) is 18.2 Å². The zero-order valence-electron chi connectivity index (χ0n) is 16.4. The van der Waals surface area contributed by atoms with E-state index in [2.05, 4.69) is 10.3 Å². The third kappa shape index (κ3) is 5.29. The Morgan fingerprint density at radius 3 is 2.07 bits per heavy atom. The molecule has 8 heteroatoms. The number of guanidine groups is 1. The summed E-state index contributed by atoms with van der Waals surface area (Å²) in [5.41, 5.74) is 7.22. The molecule has 2 aromatic carbocycles. The van der Waals surface area contributed by atoms with E-state index >= 15 is 0 Å². The molecule has 0 aliphatic carbocycles.